The van der Waals surface area contributed by atoms with E-state index in [1.54, 1.807) is 12.1 Å². The van der Waals surface area contributed by atoms with Crippen LogP contribution in [0.15, 0.2) is 74.2 Å². The Labute approximate surface area is 139 Å². The summed E-state index contributed by atoms with van der Waals surface area (Å²) >= 11 is 6.98. The molecule has 0 saturated heterocycles. The van der Waals surface area contributed by atoms with Gasteiger partial charge in [-0.1, -0.05) is 30.3 Å². The highest BCUT2D eigenvalue weighted by Gasteiger charge is 2.19. The fraction of sp³-hybridized carbons (Fsp3) is 0. The standard InChI is InChI=1S/C17H10Br2O2/c18-13-9-12(11-5-2-1-3-6-11)10-14(19)16(13)17(20)15-7-4-8-21-15/h1-10H. The Hall–Kier alpha value is -1.65. The minimum atomic E-state index is -0.154. The van der Waals surface area contributed by atoms with Gasteiger partial charge >= 0.3 is 0 Å². The molecule has 21 heavy (non-hydrogen) atoms. The molecular weight excluding hydrogens is 396 g/mol. The number of rotatable bonds is 3. The fourth-order valence-corrected chi connectivity index (χ4v) is 3.66. The van der Waals surface area contributed by atoms with Gasteiger partial charge in [0.15, 0.2) is 5.76 Å². The molecule has 0 fully saturated rings. The predicted molar refractivity (Wildman–Crippen MR) is 89.4 cm³/mol. The number of furan rings is 1. The van der Waals surface area contributed by atoms with Crippen LogP contribution >= 0.6 is 31.9 Å². The molecule has 3 rings (SSSR count). The van der Waals surface area contributed by atoms with E-state index in [1.165, 1.54) is 6.26 Å². The first kappa shape index (κ1) is 14.3. The van der Waals surface area contributed by atoms with E-state index in [9.17, 15) is 4.79 Å². The lowest BCUT2D eigenvalue weighted by atomic mass is 10.0. The largest absolute Gasteiger partial charge is 0.461 e. The van der Waals surface area contributed by atoms with Crippen molar-refractivity contribution in [2.45, 2.75) is 0 Å². The zero-order chi connectivity index (χ0) is 14.8. The first-order chi connectivity index (χ1) is 10.2. The van der Waals surface area contributed by atoms with Crippen molar-refractivity contribution < 1.29 is 9.21 Å². The van der Waals surface area contributed by atoms with Crippen LogP contribution in [0, 0.1) is 0 Å². The summed E-state index contributed by atoms with van der Waals surface area (Å²) in [5, 5.41) is 0. The van der Waals surface area contributed by atoms with Crippen molar-refractivity contribution in [3.05, 3.63) is 81.1 Å². The molecule has 2 nitrogen and oxygen atoms in total. The molecule has 0 aliphatic rings. The molecule has 0 N–H and O–H groups in total. The molecule has 1 heterocycles. The topological polar surface area (TPSA) is 30.2 Å². The smallest absolute Gasteiger partial charge is 0.230 e. The van der Waals surface area contributed by atoms with Crippen molar-refractivity contribution in [2.75, 3.05) is 0 Å². The minimum absolute atomic E-state index is 0.154. The van der Waals surface area contributed by atoms with Gasteiger partial charge in [0.2, 0.25) is 5.78 Å². The summed E-state index contributed by atoms with van der Waals surface area (Å²) in [7, 11) is 0. The maximum absolute atomic E-state index is 12.4. The Morgan fingerprint density at radius 3 is 2.10 bits per heavy atom. The Morgan fingerprint density at radius 1 is 0.857 bits per heavy atom. The van der Waals surface area contributed by atoms with Crippen LogP contribution in [-0.4, -0.2) is 5.78 Å². The number of benzene rings is 2. The van der Waals surface area contributed by atoms with E-state index in [-0.39, 0.29) is 5.78 Å². The van der Waals surface area contributed by atoms with Crippen molar-refractivity contribution in [1.82, 2.24) is 0 Å². The number of carbonyl (C=O) groups excluding carboxylic acids is 1. The van der Waals surface area contributed by atoms with Crippen LogP contribution in [0.1, 0.15) is 16.1 Å². The van der Waals surface area contributed by atoms with E-state index in [0.29, 0.717) is 11.3 Å². The molecular formula is C17H10Br2O2. The first-order valence-electron chi connectivity index (χ1n) is 6.29. The summed E-state index contributed by atoms with van der Waals surface area (Å²) in [6.45, 7) is 0. The van der Waals surface area contributed by atoms with Gasteiger partial charge in [-0.2, -0.15) is 0 Å². The van der Waals surface area contributed by atoms with Gasteiger partial charge in [0.25, 0.3) is 0 Å². The van der Waals surface area contributed by atoms with E-state index in [0.717, 1.165) is 20.1 Å². The monoisotopic (exact) mass is 404 g/mol. The number of hydrogen-bond acceptors (Lipinski definition) is 2. The summed E-state index contributed by atoms with van der Waals surface area (Å²) < 4.78 is 6.65. The molecule has 0 aliphatic carbocycles. The normalized spacial score (nSPS) is 10.6. The van der Waals surface area contributed by atoms with Gasteiger partial charge in [-0.25, -0.2) is 0 Å². The fourth-order valence-electron chi connectivity index (χ4n) is 2.12. The maximum atomic E-state index is 12.4. The van der Waals surface area contributed by atoms with Crippen molar-refractivity contribution >= 4 is 37.6 Å². The van der Waals surface area contributed by atoms with E-state index in [2.05, 4.69) is 31.9 Å². The maximum Gasteiger partial charge on any atom is 0.230 e. The van der Waals surface area contributed by atoms with E-state index >= 15 is 0 Å². The number of ketones is 1. The highest BCUT2D eigenvalue weighted by molar-refractivity contribution is 9.11. The van der Waals surface area contributed by atoms with Gasteiger partial charge in [-0.3, -0.25) is 4.79 Å². The second-order valence-corrected chi connectivity index (χ2v) is 6.20. The number of hydrogen-bond donors (Lipinski definition) is 0. The summed E-state index contributed by atoms with van der Waals surface area (Å²) in [5.41, 5.74) is 2.69. The first-order valence-corrected chi connectivity index (χ1v) is 7.88. The van der Waals surface area contributed by atoms with Crippen LogP contribution in [0.5, 0.6) is 0 Å². The minimum Gasteiger partial charge on any atom is -0.461 e. The van der Waals surface area contributed by atoms with Crippen molar-refractivity contribution in [3.8, 4) is 11.1 Å². The molecule has 1 aromatic heterocycles. The molecule has 0 bridgehead atoms. The van der Waals surface area contributed by atoms with E-state index in [1.807, 2.05) is 42.5 Å². The van der Waals surface area contributed by atoms with Crippen LogP contribution in [0.2, 0.25) is 0 Å². The number of halogens is 2. The molecule has 0 aliphatic heterocycles. The van der Waals surface area contributed by atoms with Crippen LogP contribution in [0.3, 0.4) is 0 Å². The summed E-state index contributed by atoms with van der Waals surface area (Å²) in [4.78, 5) is 12.4. The number of carbonyl (C=O) groups is 1. The second-order valence-electron chi connectivity index (χ2n) is 4.49. The molecule has 2 aromatic carbocycles. The third-order valence-corrected chi connectivity index (χ3v) is 4.37. The van der Waals surface area contributed by atoms with E-state index in [4.69, 9.17) is 4.42 Å². The third-order valence-electron chi connectivity index (χ3n) is 3.12. The average molecular weight is 406 g/mol. The summed E-state index contributed by atoms with van der Waals surface area (Å²) in [6, 6.07) is 17.2. The molecule has 0 saturated carbocycles. The zero-order valence-electron chi connectivity index (χ0n) is 10.8. The lowest BCUT2D eigenvalue weighted by Gasteiger charge is -2.09. The quantitative estimate of drug-likeness (QED) is 0.523. The average Bonchev–Trinajstić information content (AvgIpc) is 3.01. The molecule has 0 unspecified atom stereocenters. The van der Waals surface area contributed by atoms with Crippen molar-refractivity contribution in [3.63, 3.8) is 0 Å². The Kier molecular flexibility index (Phi) is 4.08. The van der Waals surface area contributed by atoms with Crippen LogP contribution in [0.25, 0.3) is 11.1 Å². The molecule has 0 radical (unpaired) electrons. The van der Waals surface area contributed by atoms with Crippen molar-refractivity contribution in [1.29, 1.82) is 0 Å². The Bertz CT molecular complexity index is 755. The highest BCUT2D eigenvalue weighted by atomic mass is 79.9. The Balaban J connectivity index is 2.07. The summed E-state index contributed by atoms with van der Waals surface area (Å²) in [5.74, 6) is 0.169. The third kappa shape index (κ3) is 2.87. The van der Waals surface area contributed by atoms with E-state index < -0.39 is 0 Å². The molecule has 104 valence electrons. The zero-order valence-corrected chi connectivity index (χ0v) is 14.0. The second kappa shape index (κ2) is 6.00. The molecule has 0 amide bonds. The van der Waals surface area contributed by atoms with Crippen LogP contribution in [-0.2, 0) is 0 Å². The molecule has 0 atom stereocenters. The van der Waals surface area contributed by atoms with Gasteiger partial charge in [0, 0.05) is 8.95 Å². The SMILES string of the molecule is O=C(c1ccco1)c1c(Br)cc(-c2ccccc2)cc1Br. The van der Waals surface area contributed by atoms with Gasteiger partial charge in [0.05, 0.1) is 11.8 Å². The lowest BCUT2D eigenvalue weighted by molar-refractivity contribution is 0.101. The molecule has 3 aromatic rings. The molecule has 4 heteroatoms. The van der Waals surface area contributed by atoms with Crippen LogP contribution in [0.4, 0.5) is 0 Å². The molecule has 0 spiro atoms. The van der Waals surface area contributed by atoms with Crippen molar-refractivity contribution in [2.24, 2.45) is 0 Å². The van der Waals surface area contributed by atoms with Gasteiger partial charge in [-0.15, -0.1) is 0 Å². The van der Waals surface area contributed by atoms with Crippen LogP contribution < -0.4 is 0 Å². The lowest BCUT2D eigenvalue weighted by Crippen LogP contribution is -2.02. The summed E-state index contributed by atoms with van der Waals surface area (Å²) in [6.07, 6.45) is 1.49. The Morgan fingerprint density at radius 2 is 1.52 bits per heavy atom. The highest BCUT2D eigenvalue weighted by Crippen LogP contribution is 2.33. The van der Waals surface area contributed by atoms with Gasteiger partial charge in [0.1, 0.15) is 0 Å². The predicted octanol–water partition coefficient (Wildman–Crippen LogP) is 5.70. The van der Waals surface area contributed by atoms with Gasteiger partial charge in [-0.05, 0) is 67.3 Å². The van der Waals surface area contributed by atoms with Gasteiger partial charge < -0.3 is 4.42 Å².